The maximum atomic E-state index is 14.1. The third-order valence-electron chi connectivity index (χ3n) is 4.01. The molecule has 2 heterocycles. The second-order valence-electron chi connectivity index (χ2n) is 5.71. The average molecular weight is 386 g/mol. The van der Waals surface area contributed by atoms with Crippen molar-refractivity contribution in [3.63, 3.8) is 0 Å². The molecular formula is C18H12F2N4O2S. The first-order chi connectivity index (χ1) is 13.0. The third kappa shape index (κ3) is 2.91. The molecule has 6 nitrogen and oxygen atoms in total. The van der Waals surface area contributed by atoms with Crippen LogP contribution in [0.3, 0.4) is 0 Å². The van der Waals surface area contributed by atoms with Gasteiger partial charge in [-0.2, -0.15) is 4.37 Å². The fourth-order valence-electron chi connectivity index (χ4n) is 2.76. The predicted octanol–water partition coefficient (Wildman–Crippen LogP) is 3.58. The third-order valence-corrected chi connectivity index (χ3v) is 4.76. The van der Waals surface area contributed by atoms with Gasteiger partial charge in [-0.25, -0.2) is 13.8 Å². The van der Waals surface area contributed by atoms with Crippen molar-refractivity contribution in [1.82, 2.24) is 14.3 Å². The van der Waals surface area contributed by atoms with E-state index >= 15 is 0 Å². The molecule has 2 aromatic carbocycles. The summed E-state index contributed by atoms with van der Waals surface area (Å²) in [5.74, 6) is -0.780. The lowest BCUT2D eigenvalue weighted by atomic mass is 10.1. The van der Waals surface area contributed by atoms with Crippen molar-refractivity contribution >= 4 is 27.4 Å². The van der Waals surface area contributed by atoms with Crippen molar-refractivity contribution in [2.75, 3.05) is 12.8 Å². The predicted molar refractivity (Wildman–Crippen MR) is 99.8 cm³/mol. The summed E-state index contributed by atoms with van der Waals surface area (Å²) < 4.78 is 36.7. The number of aromatic amines is 1. The Morgan fingerprint density at radius 3 is 2.67 bits per heavy atom. The Morgan fingerprint density at radius 1 is 1.15 bits per heavy atom. The number of nitrogens with zero attached hydrogens (tertiary/aromatic N) is 2. The van der Waals surface area contributed by atoms with E-state index < -0.39 is 17.2 Å². The van der Waals surface area contributed by atoms with Gasteiger partial charge in [0.1, 0.15) is 34.3 Å². The fraction of sp³-hybridized carbons (Fsp3) is 0.0556. The molecule has 0 amide bonds. The highest BCUT2D eigenvalue weighted by Gasteiger charge is 2.19. The monoisotopic (exact) mass is 386 g/mol. The topological polar surface area (TPSA) is 93.9 Å². The molecule has 27 heavy (non-hydrogen) atoms. The molecule has 0 radical (unpaired) electrons. The number of rotatable bonds is 3. The van der Waals surface area contributed by atoms with Crippen LogP contribution in [0.5, 0.6) is 5.75 Å². The van der Waals surface area contributed by atoms with Gasteiger partial charge in [-0.15, -0.1) is 0 Å². The van der Waals surface area contributed by atoms with Gasteiger partial charge in [0.05, 0.1) is 12.7 Å². The normalized spacial score (nSPS) is 11.1. The van der Waals surface area contributed by atoms with Crippen LogP contribution in [0.15, 0.2) is 41.2 Å². The van der Waals surface area contributed by atoms with Crippen molar-refractivity contribution in [1.29, 1.82) is 0 Å². The molecule has 9 heteroatoms. The molecule has 0 atom stereocenters. The van der Waals surface area contributed by atoms with Gasteiger partial charge in [-0.1, -0.05) is 0 Å². The first-order valence-corrected chi connectivity index (χ1v) is 8.54. The molecule has 0 bridgehead atoms. The second-order valence-corrected chi connectivity index (χ2v) is 6.46. The van der Waals surface area contributed by atoms with Crippen LogP contribution in [0.25, 0.3) is 32.9 Å². The molecule has 0 aliphatic carbocycles. The van der Waals surface area contributed by atoms with Gasteiger partial charge in [0.25, 0.3) is 5.56 Å². The molecule has 3 N–H and O–H groups in total. The standard InChI is InChI=1S/C18H12F2N4O2S/c1-26-13-7-9(21)3-5-11(13)16-22-17(25)14-15(24-27-18(14)23-16)10-4-2-8(19)6-12(10)20/h2-7H,21H2,1H3,(H,22,23,25). The van der Waals surface area contributed by atoms with E-state index in [0.29, 0.717) is 21.8 Å². The van der Waals surface area contributed by atoms with Crippen molar-refractivity contribution < 1.29 is 13.5 Å². The van der Waals surface area contributed by atoms with Crippen molar-refractivity contribution in [2.45, 2.75) is 0 Å². The number of hydrogen-bond acceptors (Lipinski definition) is 6. The SMILES string of the molecule is COc1cc(N)ccc1-c1nc2snc(-c3ccc(F)cc3F)c2c(=O)[nH]1. The Hall–Kier alpha value is -3.33. The number of H-pyrrole nitrogens is 1. The summed E-state index contributed by atoms with van der Waals surface area (Å²) in [6.45, 7) is 0. The minimum atomic E-state index is -0.800. The lowest BCUT2D eigenvalue weighted by Gasteiger charge is -2.08. The molecule has 0 saturated carbocycles. The molecule has 0 spiro atoms. The number of nitrogen functional groups attached to an aromatic ring is 1. The highest BCUT2D eigenvalue weighted by atomic mass is 32.1. The Morgan fingerprint density at radius 2 is 1.93 bits per heavy atom. The number of fused-ring (bicyclic) bond motifs is 1. The number of halogens is 2. The number of aromatic nitrogens is 3. The Balaban J connectivity index is 1.92. The summed E-state index contributed by atoms with van der Waals surface area (Å²) in [5, 5.41) is 0.142. The minimum Gasteiger partial charge on any atom is -0.496 e. The van der Waals surface area contributed by atoms with Gasteiger partial charge >= 0.3 is 0 Å². The van der Waals surface area contributed by atoms with Crippen molar-refractivity contribution in [3.8, 4) is 28.4 Å². The highest BCUT2D eigenvalue weighted by Crippen LogP contribution is 2.33. The number of hydrogen-bond donors (Lipinski definition) is 2. The maximum Gasteiger partial charge on any atom is 0.262 e. The van der Waals surface area contributed by atoms with Crippen molar-refractivity contribution in [3.05, 3.63) is 58.4 Å². The quantitative estimate of drug-likeness (QED) is 0.525. The largest absolute Gasteiger partial charge is 0.496 e. The zero-order valence-electron chi connectivity index (χ0n) is 13.9. The van der Waals surface area contributed by atoms with Gasteiger partial charge in [0.15, 0.2) is 4.83 Å². The molecule has 4 rings (SSSR count). The lowest BCUT2D eigenvalue weighted by molar-refractivity contribution is 0.416. The van der Waals surface area contributed by atoms with E-state index in [1.54, 1.807) is 18.2 Å². The number of methoxy groups -OCH3 is 1. The lowest BCUT2D eigenvalue weighted by Crippen LogP contribution is -2.10. The Labute approximate surface area is 155 Å². The number of benzene rings is 2. The number of ether oxygens (including phenoxy) is 1. The van der Waals surface area contributed by atoms with Gasteiger partial charge < -0.3 is 15.5 Å². The molecule has 0 saturated heterocycles. The summed E-state index contributed by atoms with van der Waals surface area (Å²) in [7, 11) is 1.48. The summed E-state index contributed by atoms with van der Waals surface area (Å²) in [4.78, 5) is 20.1. The fourth-order valence-corrected chi connectivity index (χ4v) is 3.54. The molecule has 2 aromatic heterocycles. The van der Waals surface area contributed by atoms with Crippen molar-refractivity contribution in [2.24, 2.45) is 0 Å². The van der Waals surface area contributed by atoms with Gasteiger partial charge in [0.2, 0.25) is 0 Å². The molecular weight excluding hydrogens is 374 g/mol. The van der Waals surface area contributed by atoms with Crippen LogP contribution in [0.1, 0.15) is 0 Å². The molecule has 0 fully saturated rings. The van der Waals surface area contributed by atoms with E-state index in [0.717, 1.165) is 23.7 Å². The number of nitrogens with one attached hydrogen (secondary N) is 1. The van der Waals surface area contributed by atoms with Gasteiger partial charge in [-0.05, 0) is 35.8 Å². The smallest absolute Gasteiger partial charge is 0.262 e. The van der Waals surface area contributed by atoms with E-state index in [-0.39, 0.29) is 22.5 Å². The van der Waals surface area contributed by atoms with Crippen LogP contribution >= 0.6 is 11.5 Å². The summed E-state index contributed by atoms with van der Waals surface area (Å²) in [5.41, 5.74) is 6.48. The van der Waals surface area contributed by atoms with E-state index in [1.165, 1.54) is 13.2 Å². The average Bonchev–Trinajstić information content (AvgIpc) is 3.06. The highest BCUT2D eigenvalue weighted by molar-refractivity contribution is 7.13. The van der Waals surface area contributed by atoms with E-state index in [9.17, 15) is 13.6 Å². The number of nitrogens with two attached hydrogens (primary N) is 1. The van der Waals surface area contributed by atoms with E-state index in [2.05, 4.69) is 14.3 Å². The van der Waals surface area contributed by atoms with Crippen LogP contribution < -0.4 is 16.0 Å². The summed E-state index contributed by atoms with van der Waals surface area (Å²) >= 11 is 0.954. The molecule has 136 valence electrons. The minimum absolute atomic E-state index is 0.0350. The van der Waals surface area contributed by atoms with Crippen LogP contribution in [0.4, 0.5) is 14.5 Å². The Bertz CT molecular complexity index is 1240. The number of anilines is 1. The van der Waals surface area contributed by atoms with E-state index in [4.69, 9.17) is 10.5 Å². The first-order valence-electron chi connectivity index (χ1n) is 7.77. The Kier molecular flexibility index (Phi) is 4.08. The molecule has 0 unspecified atom stereocenters. The summed E-state index contributed by atoms with van der Waals surface area (Å²) in [6, 6.07) is 8.06. The maximum absolute atomic E-state index is 14.1. The van der Waals surface area contributed by atoms with Crippen LogP contribution in [0, 0.1) is 11.6 Å². The van der Waals surface area contributed by atoms with Gasteiger partial charge in [-0.3, -0.25) is 4.79 Å². The molecule has 0 aliphatic heterocycles. The summed E-state index contributed by atoms with van der Waals surface area (Å²) in [6.07, 6.45) is 0. The van der Waals surface area contributed by atoms with Crippen LogP contribution in [0.2, 0.25) is 0 Å². The molecule has 4 aromatic rings. The first kappa shape index (κ1) is 17.1. The van der Waals surface area contributed by atoms with E-state index in [1.807, 2.05) is 0 Å². The van der Waals surface area contributed by atoms with Gasteiger partial charge in [0, 0.05) is 23.4 Å². The zero-order valence-corrected chi connectivity index (χ0v) is 14.7. The molecule has 0 aliphatic rings. The second kappa shape index (κ2) is 6.44. The van der Waals surface area contributed by atoms with Crippen LogP contribution in [-0.4, -0.2) is 21.5 Å². The zero-order chi connectivity index (χ0) is 19.1. The van der Waals surface area contributed by atoms with Crippen LogP contribution in [-0.2, 0) is 0 Å².